The molecule has 0 saturated heterocycles. The number of hydrogen-bond donors (Lipinski definition) is 1. The largest absolute Gasteiger partial charge is 0.493 e. The van der Waals surface area contributed by atoms with Gasteiger partial charge in [-0.05, 0) is 36.8 Å². The minimum absolute atomic E-state index is 0.169. The van der Waals surface area contributed by atoms with Crippen LogP contribution in [0.4, 0.5) is 0 Å². The molecule has 2 aromatic carbocycles. The molecule has 0 spiro atoms. The Bertz CT molecular complexity index is 752. The highest BCUT2D eigenvalue weighted by Gasteiger charge is 2.14. The topological polar surface area (TPSA) is 56.8 Å². The summed E-state index contributed by atoms with van der Waals surface area (Å²) >= 11 is 11.9. The number of amides is 1. The van der Waals surface area contributed by atoms with E-state index in [0.717, 1.165) is 5.56 Å². The first kappa shape index (κ1) is 19.2. The molecule has 0 heterocycles. The van der Waals surface area contributed by atoms with E-state index in [4.69, 9.17) is 37.4 Å². The number of benzene rings is 2. The Hall–Kier alpha value is -2.11. The van der Waals surface area contributed by atoms with E-state index in [2.05, 4.69) is 5.32 Å². The van der Waals surface area contributed by atoms with Crippen molar-refractivity contribution in [2.75, 3.05) is 20.8 Å². The van der Waals surface area contributed by atoms with Gasteiger partial charge >= 0.3 is 0 Å². The van der Waals surface area contributed by atoms with Gasteiger partial charge in [-0.3, -0.25) is 4.79 Å². The number of carbonyl (C=O) groups excluding carboxylic acids is 1. The summed E-state index contributed by atoms with van der Waals surface area (Å²) in [5.74, 6) is 1.31. The van der Waals surface area contributed by atoms with Gasteiger partial charge in [0.15, 0.2) is 18.1 Å². The normalized spacial score (nSPS) is 11.6. The Morgan fingerprint density at radius 3 is 2.44 bits per heavy atom. The summed E-state index contributed by atoms with van der Waals surface area (Å²) in [5.41, 5.74) is 0.881. The second kappa shape index (κ2) is 8.83. The number of halogens is 2. The van der Waals surface area contributed by atoms with E-state index in [1.54, 1.807) is 38.5 Å². The third kappa shape index (κ3) is 5.18. The molecule has 0 saturated carbocycles. The van der Waals surface area contributed by atoms with Gasteiger partial charge in [0.25, 0.3) is 5.91 Å². The molecular weight excluding hydrogens is 365 g/mol. The Balaban J connectivity index is 1.97. The van der Waals surface area contributed by atoms with Crippen LogP contribution in [0.15, 0.2) is 36.4 Å². The van der Waals surface area contributed by atoms with Gasteiger partial charge in [-0.2, -0.15) is 0 Å². The van der Waals surface area contributed by atoms with E-state index < -0.39 is 0 Å². The van der Waals surface area contributed by atoms with Gasteiger partial charge < -0.3 is 19.5 Å². The van der Waals surface area contributed by atoms with Crippen molar-refractivity contribution in [3.05, 3.63) is 52.0 Å². The van der Waals surface area contributed by atoms with Gasteiger partial charge in [0, 0.05) is 11.1 Å². The molecule has 0 aliphatic carbocycles. The fourth-order valence-corrected chi connectivity index (χ4v) is 2.55. The van der Waals surface area contributed by atoms with Crippen molar-refractivity contribution >= 4 is 29.1 Å². The lowest BCUT2D eigenvalue weighted by atomic mass is 10.1. The van der Waals surface area contributed by atoms with Crippen LogP contribution in [0.3, 0.4) is 0 Å². The van der Waals surface area contributed by atoms with E-state index >= 15 is 0 Å². The predicted octanol–water partition coefficient (Wildman–Crippen LogP) is 4.27. The molecule has 0 aliphatic heterocycles. The molecule has 0 radical (unpaired) electrons. The molecule has 2 rings (SSSR count). The summed E-state index contributed by atoms with van der Waals surface area (Å²) in [6.45, 7) is 1.70. The number of methoxy groups -OCH3 is 2. The van der Waals surface area contributed by atoms with E-state index in [-0.39, 0.29) is 18.6 Å². The average molecular weight is 384 g/mol. The van der Waals surface area contributed by atoms with Gasteiger partial charge in [0.2, 0.25) is 0 Å². The van der Waals surface area contributed by atoms with Gasteiger partial charge in [0.05, 0.1) is 25.3 Å². The Morgan fingerprint density at radius 2 is 1.76 bits per heavy atom. The van der Waals surface area contributed by atoms with Crippen LogP contribution in [0, 0.1) is 0 Å². The molecule has 134 valence electrons. The summed E-state index contributed by atoms with van der Waals surface area (Å²) in [7, 11) is 3.13. The summed E-state index contributed by atoms with van der Waals surface area (Å²) in [5, 5.41) is 3.73. The number of rotatable bonds is 7. The number of hydrogen-bond acceptors (Lipinski definition) is 4. The first-order valence-electron chi connectivity index (χ1n) is 7.53. The zero-order valence-corrected chi connectivity index (χ0v) is 15.6. The molecule has 7 heteroatoms. The highest BCUT2D eigenvalue weighted by molar-refractivity contribution is 6.34. The van der Waals surface area contributed by atoms with E-state index in [9.17, 15) is 4.79 Å². The van der Waals surface area contributed by atoms with Crippen molar-refractivity contribution in [3.63, 3.8) is 0 Å². The highest BCUT2D eigenvalue weighted by Crippen LogP contribution is 2.30. The fraction of sp³-hybridized carbons (Fsp3) is 0.278. The Kier molecular flexibility index (Phi) is 6.79. The lowest BCUT2D eigenvalue weighted by Gasteiger charge is -2.17. The summed E-state index contributed by atoms with van der Waals surface area (Å²) < 4.78 is 15.9. The monoisotopic (exact) mass is 383 g/mol. The van der Waals surface area contributed by atoms with E-state index in [1.165, 1.54) is 0 Å². The first-order valence-corrected chi connectivity index (χ1v) is 8.29. The molecular formula is C18H19Cl2NO4. The van der Waals surface area contributed by atoms with Crippen molar-refractivity contribution in [1.82, 2.24) is 5.32 Å². The van der Waals surface area contributed by atoms with Crippen molar-refractivity contribution in [3.8, 4) is 17.2 Å². The standard InChI is InChI=1S/C18H19Cl2NO4/c1-11(12-4-7-15(23-2)17(8-12)24-3)21-18(22)10-25-16-9-13(19)5-6-14(16)20/h4-9,11H,10H2,1-3H3,(H,21,22). The molecule has 0 aliphatic rings. The Morgan fingerprint density at radius 1 is 1.04 bits per heavy atom. The number of nitrogens with one attached hydrogen (secondary N) is 1. The van der Waals surface area contributed by atoms with Crippen LogP contribution in [-0.4, -0.2) is 26.7 Å². The van der Waals surface area contributed by atoms with Gasteiger partial charge in [-0.1, -0.05) is 29.3 Å². The second-order valence-electron chi connectivity index (χ2n) is 5.27. The summed E-state index contributed by atoms with van der Waals surface area (Å²) in [6.07, 6.45) is 0. The molecule has 0 aromatic heterocycles. The van der Waals surface area contributed by atoms with Gasteiger partial charge in [-0.25, -0.2) is 0 Å². The molecule has 2 aromatic rings. The maximum absolute atomic E-state index is 12.1. The third-order valence-corrected chi connectivity index (χ3v) is 4.08. The van der Waals surface area contributed by atoms with Crippen molar-refractivity contribution in [2.24, 2.45) is 0 Å². The zero-order chi connectivity index (χ0) is 18.4. The summed E-state index contributed by atoms with van der Waals surface area (Å²) in [6, 6.07) is 10.1. The fourth-order valence-electron chi connectivity index (χ4n) is 2.22. The van der Waals surface area contributed by atoms with Crippen LogP contribution < -0.4 is 19.5 Å². The molecule has 5 nitrogen and oxygen atoms in total. The minimum atomic E-state index is -0.279. The maximum atomic E-state index is 12.1. The number of ether oxygens (including phenoxy) is 3. The molecule has 1 atom stereocenters. The predicted molar refractivity (Wildman–Crippen MR) is 98.1 cm³/mol. The Labute approximate surface area is 156 Å². The van der Waals surface area contributed by atoms with Crippen molar-refractivity contribution in [2.45, 2.75) is 13.0 Å². The van der Waals surface area contributed by atoms with Crippen LogP contribution >= 0.6 is 23.2 Å². The quantitative estimate of drug-likeness (QED) is 0.775. The molecule has 25 heavy (non-hydrogen) atoms. The lowest BCUT2D eigenvalue weighted by Crippen LogP contribution is -2.31. The minimum Gasteiger partial charge on any atom is -0.493 e. The lowest BCUT2D eigenvalue weighted by molar-refractivity contribution is -0.123. The van der Waals surface area contributed by atoms with Crippen LogP contribution in [0.2, 0.25) is 10.0 Å². The van der Waals surface area contributed by atoms with Crippen LogP contribution in [0.1, 0.15) is 18.5 Å². The first-order chi connectivity index (χ1) is 11.9. The smallest absolute Gasteiger partial charge is 0.258 e. The van der Waals surface area contributed by atoms with Gasteiger partial charge in [-0.15, -0.1) is 0 Å². The number of carbonyl (C=O) groups is 1. The molecule has 1 unspecified atom stereocenters. The molecule has 1 N–H and O–H groups in total. The van der Waals surface area contributed by atoms with Crippen LogP contribution in [0.25, 0.3) is 0 Å². The van der Waals surface area contributed by atoms with Crippen LogP contribution in [0.5, 0.6) is 17.2 Å². The molecule has 0 bridgehead atoms. The van der Waals surface area contributed by atoms with Crippen LogP contribution in [-0.2, 0) is 4.79 Å². The van der Waals surface area contributed by atoms with Gasteiger partial charge in [0.1, 0.15) is 5.75 Å². The maximum Gasteiger partial charge on any atom is 0.258 e. The van der Waals surface area contributed by atoms with Crippen molar-refractivity contribution < 1.29 is 19.0 Å². The molecule has 1 amide bonds. The second-order valence-corrected chi connectivity index (χ2v) is 6.11. The highest BCUT2D eigenvalue weighted by atomic mass is 35.5. The third-order valence-electron chi connectivity index (χ3n) is 3.54. The summed E-state index contributed by atoms with van der Waals surface area (Å²) in [4.78, 5) is 12.1. The van der Waals surface area contributed by atoms with E-state index in [0.29, 0.717) is 27.3 Å². The zero-order valence-electron chi connectivity index (χ0n) is 14.1. The average Bonchev–Trinajstić information content (AvgIpc) is 2.61. The van der Waals surface area contributed by atoms with Crippen molar-refractivity contribution in [1.29, 1.82) is 0 Å². The molecule has 0 fully saturated rings. The van der Waals surface area contributed by atoms with E-state index in [1.807, 2.05) is 19.1 Å². The SMILES string of the molecule is COc1ccc(C(C)NC(=O)COc2cc(Cl)ccc2Cl)cc1OC.